The van der Waals surface area contributed by atoms with Crippen molar-refractivity contribution in [3.05, 3.63) is 54.2 Å². The number of aromatic nitrogens is 2. The normalized spacial score (nSPS) is 15.8. The van der Waals surface area contributed by atoms with Crippen LogP contribution >= 0.6 is 0 Å². The van der Waals surface area contributed by atoms with Crippen LogP contribution in [0.4, 0.5) is 0 Å². The van der Waals surface area contributed by atoms with Crippen molar-refractivity contribution in [3.8, 4) is 11.5 Å². The summed E-state index contributed by atoms with van der Waals surface area (Å²) in [5, 5.41) is 8.58. The molecule has 27 heavy (non-hydrogen) atoms. The van der Waals surface area contributed by atoms with E-state index in [1.807, 2.05) is 41.2 Å². The lowest BCUT2D eigenvalue weighted by Gasteiger charge is -2.25. The summed E-state index contributed by atoms with van der Waals surface area (Å²) in [5.74, 6) is 1.34. The van der Waals surface area contributed by atoms with Gasteiger partial charge in [0.25, 0.3) is 0 Å². The molecule has 4 rings (SSSR count). The second-order valence-electron chi connectivity index (χ2n) is 6.73. The van der Waals surface area contributed by atoms with Gasteiger partial charge in [-0.05, 0) is 30.5 Å². The van der Waals surface area contributed by atoms with E-state index in [0.717, 1.165) is 40.9 Å². The Morgan fingerprint density at radius 3 is 3.07 bits per heavy atom. The van der Waals surface area contributed by atoms with Crippen molar-refractivity contribution in [1.29, 1.82) is 0 Å². The number of carbonyl (C=O) groups is 1. The molecule has 6 heteroatoms. The molecule has 1 atom stereocenters. The van der Waals surface area contributed by atoms with Crippen LogP contribution in [-0.4, -0.2) is 35.9 Å². The molecule has 140 valence electrons. The average molecular weight is 365 g/mol. The van der Waals surface area contributed by atoms with Gasteiger partial charge in [0.1, 0.15) is 6.61 Å². The van der Waals surface area contributed by atoms with E-state index in [1.54, 1.807) is 7.11 Å². The van der Waals surface area contributed by atoms with Gasteiger partial charge in [-0.15, -0.1) is 0 Å². The second-order valence-corrected chi connectivity index (χ2v) is 6.73. The van der Waals surface area contributed by atoms with Crippen molar-refractivity contribution in [2.45, 2.75) is 19.4 Å². The number of rotatable bonds is 6. The summed E-state index contributed by atoms with van der Waals surface area (Å²) >= 11 is 0. The fourth-order valence-electron chi connectivity index (χ4n) is 3.51. The van der Waals surface area contributed by atoms with E-state index in [1.165, 1.54) is 0 Å². The molecule has 3 aromatic rings. The molecule has 0 bridgehead atoms. The highest BCUT2D eigenvalue weighted by Crippen LogP contribution is 2.36. The Labute approximate surface area is 158 Å². The minimum Gasteiger partial charge on any atom is -0.493 e. The Kier molecular flexibility index (Phi) is 4.96. The number of aryl methyl sites for hydroxylation is 1. The summed E-state index contributed by atoms with van der Waals surface area (Å²) in [6.07, 6.45) is 3.37. The summed E-state index contributed by atoms with van der Waals surface area (Å²) in [6.45, 7) is 1.77. The quantitative estimate of drug-likeness (QED) is 0.682. The minimum absolute atomic E-state index is 0.0359. The number of amides is 1. The van der Waals surface area contributed by atoms with E-state index in [4.69, 9.17) is 9.47 Å². The van der Waals surface area contributed by atoms with E-state index in [2.05, 4.69) is 22.5 Å². The zero-order valence-electron chi connectivity index (χ0n) is 15.4. The van der Waals surface area contributed by atoms with Gasteiger partial charge in [0, 0.05) is 18.5 Å². The van der Waals surface area contributed by atoms with Crippen LogP contribution in [-0.2, 0) is 17.8 Å². The Bertz CT molecular complexity index is 951. The monoisotopic (exact) mass is 365 g/mol. The Balaban J connectivity index is 1.29. The molecule has 0 aliphatic carbocycles. The van der Waals surface area contributed by atoms with E-state index < -0.39 is 0 Å². The van der Waals surface area contributed by atoms with Crippen LogP contribution in [0, 0.1) is 5.92 Å². The predicted molar refractivity (Wildman–Crippen MR) is 103 cm³/mol. The Hall–Kier alpha value is -3.02. The molecule has 0 spiro atoms. The standard InChI is InChI=1S/C21H23N3O3/c1-26-19-9-4-7-15-12-17(14-27-20(15)19)21(25)22-10-5-11-24-18-8-3-2-6-16(18)13-23-24/h2-4,6-9,13,17H,5,10-12,14H2,1H3,(H,22,25). The molecule has 1 aliphatic rings. The zero-order chi connectivity index (χ0) is 18.6. The van der Waals surface area contributed by atoms with Crippen LogP contribution in [0.1, 0.15) is 12.0 Å². The van der Waals surface area contributed by atoms with E-state index in [-0.39, 0.29) is 11.8 Å². The number of nitrogens with zero attached hydrogens (tertiary/aromatic N) is 2. The SMILES string of the molecule is COc1cccc2c1OCC(C(=O)NCCCn1ncc3ccccc31)C2. The molecule has 1 N–H and O–H groups in total. The van der Waals surface area contributed by atoms with Crippen LogP contribution in [0.3, 0.4) is 0 Å². The first-order chi connectivity index (χ1) is 13.3. The highest BCUT2D eigenvalue weighted by Gasteiger charge is 2.27. The zero-order valence-corrected chi connectivity index (χ0v) is 15.4. The first-order valence-electron chi connectivity index (χ1n) is 9.23. The van der Waals surface area contributed by atoms with Gasteiger partial charge >= 0.3 is 0 Å². The summed E-state index contributed by atoms with van der Waals surface area (Å²) in [4.78, 5) is 12.5. The number of ether oxygens (including phenoxy) is 2. The predicted octanol–water partition coefficient (Wildman–Crippen LogP) is 2.80. The number of hydrogen-bond acceptors (Lipinski definition) is 4. The second kappa shape index (κ2) is 7.70. The van der Waals surface area contributed by atoms with Crippen LogP contribution in [0.2, 0.25) is 0 Å². The third-order valence-corrected chi connectivity index (χ3v) is 4.94. The van der Waals surface area contributed by atoms with Gasteiger partial charge in [-0.25, -0.2) is 0 Å². The molecule has 2 heterocycles. The topological polar surface area (TPSA) is 65.4 Å². The van der Waals surface area contributed by atoms with Gasteiger partial charge in [0.05, 0.1) is 24.7 Å². The highest BCUT2D eigenvalue weighted by atomic mass is 16.5. The van der Waals surface area contributed by atoms with Crippen molar-refractivity contribution in [1.82, 2.24) is 15.1 Å². The molecule has 6 nitrogen and oxygen atoms in total. The van der Waals surface area contributed by atoms with Crippen molar-refractivity contribution in [2.75, 3.05) is 20.3 Å². The molecule has 0 radical (unpaired) electrons. The molecule has 0 saturated heterocycles. The lowest BCUT2D eigenvalue weighted by Crippen LogP contribution is -2.38. The van der Waals surface area contributed by atoms with Gasteiger partial charge in [0.15, 0.2) is 11.5 Å². The molecular formula is C21H23N3O3. The summed E-state index contributed by atoms with van der Waals surface area (Å²) in [5.41, 5.74) is 2.14. The van der Waals surface area contributed by atoms with Crippen LogP contribution < -0.4 is 14.8 Å². The third kappa shape index (κ3) is 3.60. The first-order valence-corrected chi connectivity index (χ1v) is 9.23. The van der Waals surface area contributed by atoms with Crippen LogP contribution in [0.25, 0.3) is 10.9 Å². The summed E-state index contributed by atoms with van der Waals surface area (Å²) < 4.78 is 13.1. The number of methoxy groups -OCH3 is 1. The fraction of sp³-hybridized carbons (Fsp3) is 0.333. The Morgan fingerprint density at radius 2 is 2.19 bits per heavy atom. The molecule has 2 aromatic carbocycles. The first kappa shape index (κ1) is 17.4. The van der Waals surface area contributed by atoms with Crippen molar-refractivity contribution >= 4 is 16.8 Å². The maximum atomic E-state index is 12.5. The van der Waals surface area contributed by atoms with Gasteiger partial charge < -0.3 is 14.8 Å². The van der Waals surface area contributed by atoms with Crippen LogP contribution in [0.15, 0.2) is 48.7 Å². The maximum absolute atomic E-state index is 12.5. The summed E-state index contributed by atoms with van der Waals surface area (Å²) in [6, 6.07) is 13.9. The van der Waals surface area contributed by atoms with E-state index in [9.17, 15) is 4.79 Å². The molecule has 1 aromatic heterocycles. The van der Waals surface area contributed by atoms with Crippen molar-refractivity contribution < 1.29 is 14.3 Å². The van der Waals surface area contributed by atoms with Gasteiger partial charge in [0.2, 0.25) is 5.91 Å². The lowest BCUT2D eigenvalue weighted by atomic mass is 9.95. The number of nitrogens with one attached hydrogen (secondary N) is 1. The smallest absolute Gasteiger partial charge is 0.226 e. The number of para-hydroxylation sites is 2. The highest BCUT2D eigenvalue weighted by molar-refractivity contribution is 5.80. The van der Waals surface area contributed by atoms with E-state index in [0.29, 0.717) is 19.6 Å². The molecule has 1 aliphatic heterocycles. The molecule has 1 amide bonds. The minimum atomic E-state index is -0.171. The van der Waals surface area contributed by atoms with E-state index >= 15 is 0 Å². The van der Waals surface area contributed by atoms with Crippen LogP contribution in [0.5, 0.6) is 11.5 Å². The molecule has 0 fully saturated rings. The fourth-order valence-corrected chi connectivity index (χ4v) is 3.51. The largest absolute Gasteiger partial charge is 0.493 e. The third-order valence-electron chi connectivity index (χ3n) is 4.94. The van der Waals surface area contributed by atoms with Gasteiger partial charge in [-0.1, -0.05) is 30.3 Å². The van der Waals surface area contributed by atoms with Crippen molar-refractivity contribution in [3.63, 3.8) is 0 Å². The molecule has 0 saturated carbocycles. The molecule has 1 unspecified atom stereocenters. The van der Waals surface area contributed by atoms with Crippen molar-refractivity contribution in [2.24, 2.45) is 5.92 Å². The maximum Gasteiger partial charge on any atom is 0.226 e. The van der Waals surface area contributed by atoms with Gasteiger partial charge in [-0.3, -0.25) is 9.48 Å². The summed E-state index contributed by atoms with van der Waals surface area (Å²) in [7, 11) is 1.63. The average Bonchev–Trinajstić information content (AvgIpc) is 3.13. The number of carbonyl (C=O) groups excluding carboxylic acids is 1. The number of fused-ring (bicyclic) bond motifs is 2. The number of hydrogen-bond donors (Lipinski definition) is 1. The number of benzene rings is 2. The van der Waals surface area contributed by atoms with Gasteiger partial charge in [-0.2, -0.15) is 5.10 Å². The lowest BCUT2D eigenvalue weighted by molar-refractivity contribution is -0.126. The Morgan fingerprint density at radius 1 is 1.30 bits per heavy atom. The molecular weight excluding hydrogens is 342 g/mol.